The molecule has 6 heteroatoms. The Morgan fingerprint density at radius 2 is 1.92 bits per heavy atom. The summed E-state index contributed by atoms with van der Waals surface area (Å²) in [4.78, 5) is 0. The Hall–Kier alpha value is -0.240. The molecule has 6 nitrogen and oxygen atoms in total. The number of rotatable bonds is 2. The van der Waals surface area contributed by atoms with Gasteiger partial charge in [-0.2, -0.15) is 0 Å². The van der Waals surface area contributed by atoms with Crippen LogP contribution < -0.4 is 0 Å². The van der Waals surface area contributed by atoms with Crippen LogP contribution in [0.5, 0.6) is 0 Å². The van der Waals surface area contributed by atoms with E-state index < -0.39 is 37.3 Å². The highest BCUT2D eigenvalue weighted by atomic mass is 16.7. The van der Waals surface area contributed by atoms with Gasteiger partial charge in [-0.3, -0.25) is 0 Å². The minimum Gasteiger partial charge on any atom is -0.394 e. The monoisotopic (exact) mass is 194 g/mol. The van der Waals surface area contributed by atoms with Crippen molar-refractivity contribution >= 4 is 0 Å². The van der Waals surface area contributed by atoms with Crippen LogP contribution in [0.4, 0.5) is 0 Å². The lowest BCUT2D eigenvalue weighted by Crippen LogP contribution is -2.59. The highest BCUT2D eigenvalue weighted by molar-refractivity contribution is 4.88. The van der Waals surface area contributed by atoms with Crippen molar-refractivity contribution in [1.82, 2.24) is 0 Å². The molecule has 0 aromatic heterocycles. The molecule has 0 aromatic rings. The maximum Gasteiger partial charge on any atom is 0.216 e. The van der Waals surface area contributed by atoms with Gasteiger partial charge in [-0.1, -0.05) is 0 Å². The molecule has 0 spiro atoms. The van der Waals surface area contributed by atoms with Gasteiger partial charge in [0.15, 0.2) is 0 Å². The fourth-order valence-electron chi connectivity index (χ4n) is 1.29. The lowest BCUT2D eigenvalue weighted by molar-refractivity contribution is -0.333. The van der Waals surface area contributed by atoms with Crippen molar-refractivity contribution in [2.24, 2.45) is 0 Å². The molecule has 1 rings (SSSR count). The van der Waals surface area contributed by atoms with Crippen LogP contribution in [0.2, 0.25) is 0 Å². The van der Waals surface area contributed by atoms with Gasteiger partial charge in [0.25, 0.3) is 0 Å². The first-order valence-electron chi connectivity index (χ1n) is 4.01. The summed E-state index contributed by atoms with van der Waals surface area (Å²) in [5.74, 6) is -2.08. The van der Waals surface area contributed by atoms with E-state index in [0.29, 0.717) is 0 Å². The van der Waals surface area contributed by atoms with Crippen molar-refractivity contribution in [3.05, 3.63) is 0 Å². The molecule has 1 heterocycles. The minimum absolute atomic E-state index is 0.137. The van der Waals surface area contributed by atoms with Gasteiger partial charge in [0.1, 0.15) is 12.2 Å². The van der Waals surface area contributed by atoms with Gasteiger partial charge in [0.05, 0.1) is 19.3 Å². The van der Waals surface area contributed by atoms with E-state index in [9.17, 15) is 15.3 Å². The van der Waals surface area contributed by atoms with Crippen molar-refractivity contribution in [3.63, 3.8) is 0 Å². The third-order valence-electron chi connectivity index (χ3n) is 2.18. The van der Waals surface area contributed by atoms with Crippen LogP contribution in [0.25, 0.3) is 0 Å². The van der Waals surface area contributed by atoms with Crippen LogP contribution in [0.15, 0.2) is 0 Å². The average Bonchev–Trinajstić information content (AvgIpc) is 2.11. The first-order valence-corrected chi connectivity index (χ1v) is 4.01. The number of aliphatic hydroxyl groups excluding tert-OH is 4. The van der Waals surface area contributed by atoms with Gasteiger partial charge < -0.3 is 30.3 Å². The summed E-state index contributed by atoms with van der Waals surface area (Å²) in [6.45, 7) is -1.26. The second-order valence-corrected chi connectivity index (χ2v) is 3.16. The molecule has 0 aromatic carbocycles. The molecule has 5 N–H and O–H groups in total. The smallest absolute Gasteiger partial charge is 0.216 e. The first kappa shape index (κ1) is 10.8. The Kier molecular flexibility index (Phi) is 3.23. The number of hydrogen-bond donors (Lipinski definition) is 5. The summed E-state index contributed by atoms with van der Waals surface area (Å²) in [6.07, 6.45) is -3.50. The van der Waals surface area contributed by atoms with Gasteiger partial charge in [-0.15, -0.1) is 0 Å². The molecule has 0 aliphatic carbocycles. The number of aliphatic hydroxyl groups is 5. The molecule has 2 unspecified atom stereocenters. The van der Waals surface area contributed by atoms with E-state index in [1.807, 2.05) is 0 Å². The summed E-state index contributed by atoms with van der Waals surface area (Å²) in [5, 5.41) is 45.3. The first-order chi connectivity index (χ1) is 6.03. The molecule has 1 aliphatic heterocycles. The highest BCUT2D eigenvalue weighted by Gasteiger charge is 2.46. The Morgan fingerprint density at radius 1 is 1.31 bits per heavy atom. The van der Waals surface area contributed by atoms with E-state index in [4.69, 9.17) is 14.9 Å². The normalized spacial score (nSPS) is 46.4. The SMILES string of the molecule is OC[C@H]1OC(O)(CO)[C@H](O)CC1O. The average molecular weight is 194 g/mol. The topological polar surface area (TPSA) is 110 Å². The Labute approximate surface area is 75.0 Å². The summed E-state index contributed by atoms with van der Waals surface area (Å²) >= 11 is 0. The van der Waals surface area contributed by atoms with Crippen molar-refractivity contribution in [1.29, 1.82) is 0 Å². The van der Waals surface area contributed by atoms with E-state index in [1.165, 1.54) is 0 Å². The molecule has 78 valence electrons. The number of hydrogen-bond acceptors (Lipinski definition) is 6. The molecular formula is C7H14O6. The zero-order chi connectivity index (χ0) is 10.1. The van der Waals surface area contributed by atoms with Crippen LogP contribution in [-0.2, 0) is 4.74 Å². The Morgan fingerprint density at radius 3 is 2.38 bits per heavy atom. The van der Waals surface area contributed by atoms with E-state index >= 15 is 0 Å². The van der Waals surface area contributed by atoms with E-state index in [0.717, 1.165) is 0 Å². The van der Waals surface area contributed by atoms with Crippen molar-refractivity contribution < 1.29 is 30.3 Å². The third-order valence-corrected chi connectivity index (χ3v) is 2.18. The summed E-state index contributed by atoms with van der Waals surface area (Å²) in [5.41, 5.74) is 0. The molecule has 0 saturated carbocycles. The fraction of sp³-hybridized carbons (Fsp3) is 1.00. The highest BCUT2D eigenvalue weighted by Crippen LogP contribution is 2.26. The molecule has 13 heavy (non-hydrogen) atoms. The summed E-state index contributed by atoms with van der Waals surface area (Å²) in [6, 6.07) is 0. The van der Waals surface area contributed by atoms with Crippen LogP contribution in [0.3, 0.4) is 0 Å². The van der Waals surface area contributed by atoms with Crippen molar-refractivity contribution in [3.8, 4) is 0 Å². The van der Waals surface area contributed by atoms with Crippen LogP contribution in [-0.4, -0.2) is 62.8 Å². The molecule has 0 amide bonds. The van der Waals surface area contributed by atoms with Crippen molar-refractivity contribution in [2.45, 2.75) is 30.5 Å². The van der Waals surface area contributed by atoms with Crippen LogP contribution in [0.1, 0.15) is 6.42 Å². The third kappa shape index (κ3) is 1.98. The minimum atomic E-state index is -2.08. The molecular weight excluding hydrogens is 180 g/mol. The Bertz CT molecular complexity index is 174. The second-order valence-electron chi connectivity index (χ2n) is 3.16. The van der Waals surface area contributed by atoms with E-state index in [1.54, 1.807) is 0 Å². The fourth-order valence-corrected chi connectivity index (χ4v) is 1.29. The molecule has 1 saturated heterocycles. The Balaban J connectivity index is 2.69. The standard InChI is InChI=1S/C7H14O6/c8-2-5-4(10)1-6(11)7(12,3-9)13-5/h4-6,8-12H,1-3H2/t4?,5-,6-,7?/m1/s1. The predicted molar refractivity (Wildman–Crippen MR) is 40.6 cm³/mol. The van der Waals surface area contributed by atoms with Gasteiger partial charge in [-0.05, 0) is 0 Å². The van der Waals surface area contributed by atoms with Crippen LogP contribution >= 0.6 is 0 Å². The van der Waals surface area contributed by atoms with E-state index in [2.05, 4.69) is 0 Å². The lowest BCUT2D eigenvalue weighted by atomic mass is 9.96. The molecule has 0 radical (unpaired) electrons. The zero-order valence-electron chi connectivity index (χ0n) is 7.00. The molecule has 0 bridgehead atoms. The zero-order valence-corrected chi connectivity index (χ0v) is 7.00. The predicted octanol–water partition coefficient (Wildman–Crippen LogP) is -2.83. The van der Waals surface area contributed by atoms with E-state index in [-0.39, 0.29) is 6.42 Å². The summed E-state index contributed by atoms with van der Waals surface area (Å²) < 4.78 is 4.75. The maximum atomic E-state index is 9.42. The number of ether oxygens (including phenoxy) is 1. The van der Waals surface area contributed by atoms with Crippen molar-refractivity contribution in [2.75, 3.05) is 13.2 Å². The van der Waals surface area contributed by atoms with Gasteiger partial charge in [-0.25, -0.2) is 0 Å². The molecule has 4 atom stereocenters. The maximum absolute atomic E-state index is 9.42. The lowest BCUT2D eigenvalue weighted by Gasteiger charge is -2.41. The molecule has 1 aliphatic rings. The van der Waals surface area contributed by atoms with Gasteiger partial charge >= 0.3 is 0 Å². The summed E-state index contributed by atoms with van der Waals surface area (Å²) in [7, 11) is 0. The second kappa shape index (κ2) is 3.87. The largest absolute Gasteiger partial charge is 0.394 e. The molecule has 1 fully saturated rings. The van der Waals surface area contributed by atoms with Gasteiger partial charge in [0.2, 0.25) is 5.79 Å². The van der Waals surface area contributed by atoms with Crippen LogP contribution in [0, 0.1) is 0 Å². The van der Waals surface area contributed by atoms with Gasteiger partial charge in [0, 0.05) is 6.42 Å². The quantitative estimate of drug-likeness (QED) is 0.324.